The van der Waals surface area contributed by atoms with Crippen LogP contribution in [0, 0.1) is 0 Å². The van der Waals surface area contributed by atoms with Crippen LogP contribution in [0.1, 0.15) is 18.9 Å². The molecule has 0 spiro atoms. The van der Waals surface area contributed by atoms with E-state index in [0.29, 0.717) is 25.4 Å². The molecule has 1 aromatic rings. The first-order chi connectivity index (χ1) is 8.66. The predicted octanol–water partition coefficient (Wildman–Crippen LogP) is 2.43. The van der Waals surface area contributed by atoms with Gasteiger partial charge in [-0.2, -0.15) is 0 Å². The van der Waals surface area contributed by atoms with Crippen LogP contribution in [-0.2, 0) is 16.1 Å². The number of hydrogen-bond acceptors (Lipinski definition) is 3. The number of carbonyl (C=O) groups excluding carboxylic acids is 1. The van der Waals surface area contributed by atoms with Gasteiger partial charge in [0, 0.05) is 13.6 Å². The van der Waals surface area contributed by atoms with Crippen LogP contribution in [-0.4, -0.2) is 36.8 Å². The Morgan fingerprint density at radius 3 is 2.67 bits per heavy atom. The van der Waals surface area contributed by atoms with Crippen LogP contribution in [0.2, 0.25) is 0 Å². The number of amides is 1. The number of ether oxygens (including phenoxy) is 2. The maximum Gasteiger partial charge on any atom is 0.409 e. The molecule has 1 saturated heterocycles. The summed E-state index contributed by atoms with van der Waals surface area (Å²) in [6, 6.07) is 9.67. The summed E-state index contributed by atoms with van der Waals surface area (Å²) in [5.41, 5.74) is 0.999. The van der Waals surface area contributed by atoms with E-state index in [0.717, 1.165) is 12.0 Å². The van der Waals surface area contributed by atoms with Crippen LogP contribution in [0.15, 0.2) is 30.3 Å². The molecule has 1 heterocycles. The third kappa shape index (κ3) is 3.74. The largest absolute Gasteiger partial charge is 0.445 e. The van der Waals surface area contributed by atoms with Crippen molar-refractivity contribution in [2.75, 3.05) is 13.6 Å². The third-order valence-corrected chi connectivity index (χ3v) is 3.10. The topological polar surface area (TPSA) is 42.1 Å². The molecule has 1 aliphatic rings. The third-order valence-electron chi connectivity index (χ3n) is 3.10. The molecule has 1 unspecified atom stereocenters. The van der Waals surface area contributed by atoms with Gasteiger partial charge in [-0.25, -0.2) is 4.79 Å². The lowest BCUT2D eigenvalue weighted by atomic mass is 10.2. The first kappa shape index (κ1) is 12.9. The standard InChI is InChI=1S/C14H19NO3/c1-11-13(18-11)8-9-15(2)14(16)17-10-12-6-4-3-5-7-12/h3-7,11,13H,8-10H2,1-2H3/t11?,13-/m1/s1. The van der Waals surface area contributed by atoms with Gasteiger partial charge in [0.1, 0.15) is 6.61 Å². The fraction of sp³-hybridized carbons (Fsp3) is 0.500. The summed E-state index contributed by atoms with van der Waals surface area (Å²) in [4.78, 5) is 13.3. The van der Waals surface area contributed by atoms with E-state index in [-0.39, 0.29) is 6.09 Å². The average molecular weight is 249 g/mol. The zero-order valence-corrected chi connectivity index (χ0v) is 10.8. The van der Waals surface area contributed by atoms with E-state index in [1.54, 1.807) is 11.9 Å². The van der Waals surface area contributed by atoms with Gasteiger partial charge in [-0.05, 0) is 18.9 Å². The Morgan fingerprint density at radius 1 is 1.39 bits per heavy atom. The number of rotatable bonds is 5. The zero-order valence-electron chi connectivity index (χ0n) is 10.8. The highest BCUT2D eigenvalue weighted by Crippen LogP contribution is 2.24. The van der Waals surface area contributed by atoms with Gasteiger partial charge < -0.3 is 14.4 Å². The second-order valence-corrected chi connectivity index (χ2v) is 4.63. The van der Waals surface area contributed by atoms with Crippen LogP contribution in [0.25, 0.3) is 0 Å². The van der Waals surface area contributed by atoms with Crippen molar-refractivity contribution in [1.29, 1.82) is 0 Å². The van der Waals surface area contributed by atoms with E-state index in [9.17, 15) is 4.79 Å². The van der Waals surface area contributed by atoms with Gasteiger partial charge in [0.25, 0.3) is 0 Å². The molecule has 0 bridgehead atoms. The van der Waals surface area contributed by atoms with Crippen molar-refractivity contribution in [3.63, 3.8) is 0 Å². The van der Waals surface area contributed by atoms with Gasteiger partial charge in [0.05, 0.1) is 12.2 Å². The zero-order chi connectivity index (χ0) is 13.0. The van der Waals surface area contributed by atoms with Crippen LogP contribution in [0.4, 0.5) is 4.79 Å². The molecule has 1 amide bonds. The van der Waals surface area contributed by atoms with Gasteiger partial charge in [-0.3, -0.25) is 0 Å². The molecule has 18 heavy (non-hydrogen) atoms. The van der Waals surface area contributed by atoms with Crippen molar-refractivity contribution < 1.29 is 14.3 Å². The Morgan fingerprint density at radius 2 is 2.06 bits per heavy atom. The molecule has 1 aromatic carbocycles. The molecule has 1 fully saturated rings. The van der Waals surface area contributed by atoms with Gasteiger partial charge in [-0.1, -0.05) is 30.3 Å². The fourth-order valence-corrected chi connectivity index (χ4v) is 1.77. The van der Waals surface area contributed by atoms with E-state index in [1.165, 1.54) is 0 Å². The van der Waals surface area contributed by atoms with Gasteiger partial charge >= 0.3 is 6.09 Å². The quantitative estimate of drug-likeness (QED) is 0.753. The normalized spacial score (nSPS) is 21.4. The summed E-state index contributed by atoms with van der Waals surface area (Å²) in [6.45, 7) is 3.03. The highest BCUT2D eigenvalue weighted by atomic mass is 16.6. The lowest BCUT2D eigenvalue weighted by Gasteiger charge is -2.16. The number of carbonyl (C=O) groups is 1. The molecule has 0 aromatic heterocycles. The highest BCUT2D eigenvalue weighted by Gasteiger charge is 2.33. The summed E-state index contributed by atoms with van der Waals surface area (Å²) in [7, 11) is 1.75. The number of benzene rings is 1. The molecule has 0 saturated carbocycles. The molecule has 2 atom stereocenters. The van der Waals surface area contributed by atoms with E-state index in [1.807, 2.05) is 37.3 Å². The summed E-state index contributed by atoms with van der Waals surface area (Å²) in [5.74, 6) is 0. The molecule has 2 rings (SSSR count). The van der Waals surface area contributed by atoms with Crippen LogP contribution >= 0.6 is 0 Å². The molecule has 0 radical (unpaired) electrons. The summed E-state index contributed by atoms with van der Waals surface area (Å²) in [5, 5.41) is 0. The maximum atomic E-state index is 11.7. The van der Waals surface area contributed by atoms with E-state index in [4.69, 9.17) is 9.47 Å². The summed E-state index contributed by atoms with van der Waals surface area (Å²) in [6.07, 6.45) is 1.25. The molecular weight excluding hydrogens is 230 g/mol. The Labute approximate surface area is 107 Å². The first-order valence-electron chi connectivity index (χ1n) is 6.24. The molecule has 98 valence electrons. The van der Waals surface area contributed by atoms with Crippen molar-refractivity contribution in [1.82, 2.24) is 4.90 Å². The first-order valence-corrected chi connectivity index (χ1v) is 6.24. The van der Waals surface area contributed by atoms with Crippen molar-refractivity contribution in [2.45, 2.75) is 32.2 Å². The van der Waals surface area contributed by atoms with Crippen molar-refractivity contribution in [3.05, 3.63) is 35.9 Å². The monoisotopic (exact) mass is 249 g/mol. The smallest absolute Gasteiger partial charge is 0.409 e. The Balaban J connectivity index is 1.67. The molecule has 1 aliphatic heterocycles. The Bertz CT molecular complexity index is 393. The predicted molar refractivity (Wildman–Crippen MR) is 68.2 cm³/mol. The lowest BCUT2D eigenvalue weighted by Crippen LogP contribution is -2.29. The molecule has 4 nitrogen and oxygen atoms in total. The number of hydrogen-bond donors (Lipinski definition) is 0. The van der Waals surface area contributed by atoms with Crippen molar-refractivity contribution in [3.8, 4) is 0 Å². The fourth-order valence-electron chi connectivity index (χ4n) is 1.77. The minimum absolute atomic E-state index is 0.285. The second kappa shape index (κ2) is 5.87. The average Bonchev–Trinajstić information content (AvgIpc) is 3.10. The SMILES string of the molecule is CC1O[C@@H]1CCN(C)C(=O)OCc1ccccc1. The lowest BCUT2D eigenvalue weighted by molar-refractivity contribution is 0.104. The van der Waals surface area contributed by atoms with Crippen LogP contribution in [0.3, 0.4) is 0 Å². The Hall–Kier alpha value is -1.55. The van der Waals surface area contributed by atoms with Gasteiger partial charge in [0.15, 0.2) is 0 Å². The van der Waals surface area contributed by atoms with E-state index >= 15 is 0 Å². The molecule has 0 aliphatic carbocycles. The van der Waals surface area contributed by atoms with Crippen molar-refractivity contribution in [2.24, 2.45) is 0 Å². The Kier molecular flexibility index (Phi) is 4.20. The molecule has 4 heteroatoms. The van der Waals surface area contributed by atoms with E-state index < -0.39 is 0 Å². The minimum Gasteiger partial charge on any atom is -0.445 e. The van der Waals surface area contributed by atoms with Crippen LogP contribution in [0.5, 0.6) is 0 Å². The van der Waals surface area contributed by atoms with Crippen molar-refractivity contribution >= 4 is 6.09 Å². The molecule has 0 N–H and O–H groups in total. The van der Waals surface area contributed by atoms with Gasteiger partial charge in [-0.15, -0.1) is 0 Å². The van der Waals surface area contributed by atoms with E-state index in [2.05, 4.69) is 0 Å². The molecular formula is C14H19NO3. The number of epoxide rings is 1. The summed E-state index contributed by atoms with van der Waals surface area (Å²) < 4.78 is 10.5. The maximum absolute atomic E-state index is 11.7. The van der Waals surface area contributed by atoms with Crippen LogP contribution < -0.4 is 0 Å². The highest BCUT2D eigenvalue weighted by molar-refractivity contribution is 5.67. The summed E-state index contributed by atoms with van der Waals surface area (Å²) >= 11 is 0. The minimum atomic E-state index is -0.285. The van der Waals surface area contributed by atoms with Gasteiger partial charge in [0.2, 0.25) is 0 Å². The number of nitrogens with zero attached hydrogens (tertiary/aromatic N) is 1. The second-order valence-electron chi connectivity index (χ2n) is 4.63.